The molecule has 8 heteroatoms. The number of hydrogen-bond acceptors (Lipinski definition) is 5. The van der Waals surface area contributed by atoms with Gasteiger partial charge in [0.05, 0.1) is 17.6 Å². The molecule has 0 heterocycles. The maximum Gasteiger partial charge on any atom is 0.339 e. The molecule has 0 aliphatic heterocycles. The number of sulfonamides is 1. The van der Waals surface area contributed by atoms with Crippen molar-refractivity contribution in [3.05, 3.63) is 23.8 Å². The lowest BCUT2D eigenvalue weighted by molar-refractivity contribution is -0.116. The zero-order valence-electron chi connectivity index (χ0n) is 10.7. The van der Waals surface area contributed by atoms with Crippen LogP contribution in [0.2, 0.25) is 0 Å². The first-order valence-corrected chi connectivity index (χ1v) is 6.72. The van der Waals surface area contributed by atoms with E-state index in [0.29, 0.717) is 5.69 Å². The molecule has 7 nitrogen and oxygen atoms in total. The van der Waals surface area contributed by atoms with Crippen LogP contribution in [-0.4, -0.2) is 34.5 Å². The number of methoxy groups -OCH3 is 1. The zero-order valence-corrected chi connectivity index (χ0v) is 11.5. The molecule has 0 aliphatic carbocycles. The number of esters is 1. The summed E-state index contributed by atoms with van der Waals surface area (Å²) < 4.78 is 27.5. The third-order valence-corrected chi connectivity index (χ3v) is 3.49. The molecule has 0 atom stereocenters. The lowest BCUT2D eigenvalue weighted by atomic mass is 10.2. The molecule has 0 radical (unpaired) electrons. The summed E-state index contributed by atoms with van der Waals surface area (Å²) in [7, 11) is -1.50. The van der Waals surface area contributed by atoms with Gasteiger partial charge in [-0.3, -0.25) is 4.79 Å². The molecule has 0 bridgehead atoms. The Bertz CT molecular complexity index is 624. The summed E-state index contributed by atoms with van der Waals surface area (Å²) in [5.74, 6) is -1.10. The molecule has 19 heavy (non-hydrogen) atoms. The molecule has 104 valence electrons. The molecule has 1 aromatic rings. The lowest BCUT2D eigenvalue weighted by Gasteiger charge is -2.16. The van der Waals surface area contributed by atoms with E-state index < -0.39 is 16.0 Å². The Kier molecular flexibility index (Phi) is 4.28. The van der Waals surface area contributed by atoms with Crippen LogP contribution < -0.4 is 10.0 Å². The minimum absolute atomic E-state index is 0.175. The van der Waals surface area contributed by atoms with Crippen LogP contribution in [0.4, 0.5) is 5.69 Å². The molecule has 2 N–H and O–H groups in total. The van der Waals surface area contributed by atoms with E-state index in [2.05, 4.69) is 4.74 Å². The molecule has 1 amide bonds. The average Bonchev–Trinajstić information content (AvgIpc) is 2.35. The minimum Gasteiger partial charge on any atom is -0.465 e. The average molecular weight is 286 g/mol. The Morgan fingerprint density at radius 3 is 2.32 bits per heavy atom. The number of nitrogens with zero attached hydrogens (tertiary/aromatic N) is 1. The maximum absolute atomic E-state index is 11.5. The second kappa shape index (κ2) is 5.37. The Hall–Kier alpha value is -1.93. The molecule has 0 saturated heterocycles. The van der Waals surface area contributed by atoms with Crippen molar-refractivity contribution >= 4 is 27.6 Å². The number of anilines is 1. The molecular formula is C11H14N2O5S. The molecule has 0 spiro atoms. The Labute approximate surface area is 111 Å². The summed E-state index contributed by atoms with van der Waals surface area (Å²) >= 11 is 0. The third kappa shape index (κ3) is 3.30. The monoisotopic (exact) mass is 286 g/mol. The van der Waals surface area contributed by atoms with Crippen molar-refractivity contribution in [2.45, 2.75) is 11.8 Å². The minimum atomic E-state index is -4.11. The number of carbonyl (C=O) groups excluding carboxylic acids is 2. The second-order valence-electron chi connectivity index (χ2n) is 3.80. The summed E-state index contributed by atoms with van der Waals surface area (Å²) in [6.07, 6.45) is 0. The number of benzene rings is 1. The number of carbonyl (C=O) groups is 2. The largest absolute Gasteiger partial charge is 0.465 e. The number of ether oxygens (including phenoxy) is 1. The number of primary sulfonamides is 1. The number of hydrogen-bond donors (Lipinski definition) is 1. The van der Waals surface area contributed by atoms with Crippen molar-refractivity contribution in [2.24, 2.45) is 5.14 Å². The SMILES string of the molecule is COC(=O)c1ccc(N(C)C(C)=O)cc1S(N)(=O)=O. The molecular weight excluding hydrogens is 272 g/mol. The van der Waals surface area contributed by atoms with Crippen LogP contribution in [0.25, 0.3) is 0 Å². The van der Waals surface area contributed by atoms with E-state index in [-0.39, 0.29) is 16.4 Å². The van der Waals surface area contributed by atoms with Gasteiger partial charge in [0, 0.05) is 19.7 Å². The van der Waals surface area contributed by atoms with Crippen LogP contribution in [-0.2, 0) is 19.6 Å². The van der Waals surface area contributed by atoms with Crippen molar-refractivity contribution < 1.29 is 22.7 Å². The van der Waals surface area contributed by atoms with E-state index in [0.717, 1.165) is 13.2 Å². The fourth-order valence-corrected chi connectivity index (χ4v) is 2.16. The van der Waals surface area contributed by atoms with Crippen LogP contribution in [0.1, 0.15) is 17.3 Å². The Balaban J connectivity index is 3.48. The first kappa shape index (κ1) is 15.1. The van der Waals surface area contributed by atoms with Gasteiger partial charge in [0.25, 0.3) is 0 Å². The fourth-order valence-electron chi connectivity index (χ4n) is 1.42. The van der Waals surface area contributed by atoms with Gasteiger partial charge in [-0.2, -0.15) is 0 Å². The maximum atomic E-state index is 11.5. The Morgan fingerprint density at radius 2 is 1.89 bits per heavy atom. The highest BCUT2D eigenvalue weighted by atomic mass is 32.2. The molecule has 0 aromatic heterocycles. The van der Waals surface area contributed by atoms with E-state index in [9.17, 15) is 18.0 Å². The fraction of sp³-hybridized carbons (Fsp3) is 0.273. The number of rotatable bonds is 3. The van der Waals surface area contributed by atoms with Crippen LogP contribution in [0.15, 0.2) is 23.1 Å². The number of amides is 1. The van der Waals surface area contributed by atoms with E-state index in [1.807, 2.05) is 0 Å². The standard InChI is InChI=1S/C11H14N2O5S/c1-7(14)13(2)8-4-5-9(11(15)18-3)10(6-8)19(12,16)17/h4-6H,1-3H3,(H2,12,16,17). The van der Waals surface area contributed by atoms with Crippen LogP contribution in [0.3, 0.4) is 0 Å². The third-order valence-electron chi connectivity index (χ3n) is 2.54. The lowest BCUT2D eigenvalue weighted by Crippen LogP contribution is -2.24. The molecule has 0 aliphatic rings. The van der Waals surface area contributed by atoms with Crippen LogP contribution >= 0.6 is 0 Å². The van der Waals surface area contributed by atoms with Crippen molar-refractivity contribution in [1.29, 1.82) is 0 Å². The predicted octanol–water partition coefficient (Wildman–Crippen LogP) is 0.103. The van der Waals surface area contributed by atoms with Crippen LogP contribution in [0.5, 0.6) is 0 Å². The quantitative estimate of drug-likeness (QED) is 0.793. The van der Waals surface area contributed by atoms with E-state index in [4.69, 9.17) is 5.14 Å². The van der Waals surface area contributed by atoms with Gasteiger partial charge in [0.1, 0.15) is 0 Å². The van der Waals surface area contributed by atoms with Crippen molar-refractivity contribution in [1.82, 2.24) is 0 Å². The molecule has 1 rings (SSSR count). The van der Waals surface area contributed by atoms with Crippen LogP contribution in [0, 0.1) is 0 Å². The van der Waals surface area contributed by atoms with Crippen molar-refractivity contribution in [3.8, 4) is 0 Å². The second-order valence-corrected chi connectivity index (χ2v) is 5.32. The first-order valence-electron chi connectivity index (χ1n) is 5.18. The molecule has 1 aromatic carbocycles. The molecule has 0 unspecified atom stereocenters. The normalized spacial score (nSPS) is 10.9. The first-order chi connectivity index (χ1) is 8.68. The highest BCUT2D eigenvalue weighted by molar-refractivity contribution is 7.89. The van der Waals surface area contributed by atoms with Gasteiger partial charge in [-0.25, -0.2) is 18.4 Å². The topological polar surface area (TPSA) is 107 Å². The van der Waals surface area contributed by atoms with Crippen molar-refractivity contribution in [3.63, 3.8) is 0 Å². The van der Waals surface area contributed by atoms with Crippen molar-refractivity contribution in [2.75, 3.05) is 19.1 Å². The van der Waals surface area contributed by atoms with Gasteiger partial charge in [0.15, 0.2) is 0 Å². The highest BCUT2D eigenvalue weighted by Crippen LogP contribution is 2.22. The molecule has 0 fully saturated rings. The Morgan fingerprint density at radius 1 is 1.32 bits per heavy atom. The zero-order chi connectivity index (χ0) is 14.8. The van der Waals surface area contributed by atoms with Gasteiger partial charge < -0.3 is 9.64 Å². The highest BCUT2D eigenvalue weighted by Gasteiger charge is 2.21. The van der Waals surface area contributed by atoms with E-state index >= 15 is 0 Å². The van der Waals surface area contributed by atoms with E-state index in [1.54, 1.807) is 0 Å². The summed E-state index contributed by atoms with van der Waals surface area (Å²) in [5.41, 5.74) is 0.134. The van der Waals surface area contributed by atoms with Gasteiger partial charge in [0.2, 0.25) is 15.9 Å². The van der Waals surface area contributed by atoms with Gasteiger partial charge in [-0.15, -0.1) is 0 Å². The summed E-state index contributed by atoms with van der Waals surface area (Å²) in [6.45, 7) is 1.32. The van der Waals surface area contributed by atoms with Gasteiger partial charge >= 0.3 is 5.97 Å². The summed E-state index contributed by atoms with van der Waals surface area (Å²) in [5, 5.41) is 5.06. The van der Waals surface area contributed by atoms with Gasteiger partial charge in [-0.1, -0.05) is 0 Å². The predicted molar refractivity (Wildman–Crippen MR) is 68.2 cm³/mol. The molecule has 0 saturated carbocycles. The van der Waals surface area contributed by atoms with Gasteiger partial charge in [-0.05, 0) is 18.2 Å². The summed E-state index contributed by atoms with van der Waals surface area (Å²) in [4.78, 5) is 23.6. The van der Waals surface area contributed by atoms with E-state index in [1.165, 1.54) is 31.0 Å². The summed E-state index contributed by atoms with van der Waals surface area (Å²) in [6, 6.07) is 3.84. The number of nitrogens with two attached hydrogens (primary N) is 1. The smallest absolute Gasteiger partial charge is 0.339 e.